The van der Waals surface area contributed by atoms with Gasteiger partial charge in [0.15, 0.2) is 0 Å². The molecule has 6 heteroatoms. The molecule has 0 aromatic carbocycles. The van der Waals surface area contributed by atoms with E-state index in [2.05, 4.69) is 15.3 Å². The van der Waals surface area contributed by atoms with E-state index in [-0.39, 0.29) is 16.9 Å². The van der Waals surface area contributed by atoms with E-state index in [0.717, 1.165) is 6.20 Å². The van der Waals surface area contributed by atoms with Crippen LogP contribution < -0.4 is 10.9 Å². The van der Waals surface area contributed by atoms with E-state index in [1.807, 2.05) is 0 Å². The van der Waals surface area contributed by atoms with Gasteiger partial charge in [0.25, 0.3) is 5.91 Å². The fourth-order valence-corrected chi connectivity index (χ4v) is 1.19. The van der Waals surface area contributed by atoms with Gasteiger partial charge in [0, 0.05) is 12.3 Å². The van der Waals surface area contributed by atoms with Crippen LogP contribution in [0.3, 0.4) is 0 Å². The number of hydrogen-bond acceptors (Lipinski definition) is 3. The highest BCUT2D eigenvalue weighted by atomic mass is 19.1. The number of aromatic amines is 1. The van der Waals surface area contributed by atoms with Gasteiger partial charge in [-0.05, 0) is 18.2 Å². The topological polar surface area (TPSA) is 74.8 Å². The maximum absolute atomic E-state index is 12.6. The third kappa shape index (κ3) is 2.75. The number of halogens is 1. The number of pyridine rings is 2. The van der Waals surface area contributed by atoms with Crippen LogP contribution >= 0.6 is 0 Å². The van der Waals surface area contributed by atoms with Gasteiger partial charge in [0.05, 0.1) is 11.8 Å². The molecule has 0 aliphatic rings. The van der Waals surface area contributed by atoms with Crippen molar-refractivity contribution < 1.29 is 9.18 Å². The van der Waals surface area contributed by atoms with Crippen molar-refractivity contribution in [3.63, 3.8) is 0 Å². The second kappa shape index (κ2) is 4.56. The molecule has 0 unspecified atom stereocenters. The minimum absolute atomic E-state index is 0.239. The summed E-state index contributed by atoms with van der Waals surface area (Å²) >= 11 is 0. The van der Waals surface area contributed by atoms with Crippen LogP contribution in [-0.2, 0) is 0 Å². The van der Waals surface area contributed by atoms with Crippen molar-refractivity contribution in [2.45, 2.75) is 0 Å². The first-order chi connectivity index (χ1) is 8.15. The zero-order valence-corrected chi connectivity index (χ0v) is 8.61. The Hall–Kier alpha value is -2.50. The van der Waals surface area contributed by atoms with E-state index in [1.54, 1.807) is 0 Å². The molecule has 0 atom stereocenters. The molecule has 0 radical (unpaired) electrons. The molecule has 0 aliphatic heterocycles. The summed E-state index contributed by atoms with van der Waals surface area (Å²) in [6, 6.07) is 5.17. The molecule has 1 amide bonds. The van der Waals surface area contributed by atoms with Crippen molar-refractivity contribution in [1.29, 1.82) is 0 Å². The fraction of sp³-hybridized carbons (Fsp3) is 0. The van der Waals surface area contributed by atoms with E-state index in [1.165, 1.54) is 30.5 Å². The predicted octanol–water partition coefficient (Wildman–Crippen LogP) is 1.16. The van der Waals surface area contributed by atoms with Gasteiger partial charge in [-0.3, -0.25) is 9.59 Å². The number of amides is 1. The van der Waals surface area contributed by atoms with Gasteiger partial charge in [-0.25, -0.2) is 9.37 Å². The second-order valence-corrected chi connectivity index (χ2v) is 3.26. The fourth-order valence-electron chi connectivity index (χ4n) is 1.19. The van der Waals surface area contributed by atoms with E-state index >= 15 is 0 Å². The Morgan fingerprint density at radius 2 is 2.12 bits per heavy atom. The monoisotopic (exact) mass is 233 g/mol. The van der Waals surface area contributed by atoms with Gasteiger partial charge in [0.2, 0.25) is 5.56 Å². The van der Waals surface area contributed by atoms with Gasteiger partial charge in [0.1, 0.15) is 11.6 Å². The Labute approximate surface area is 95.3 Å². The smallest absolute Gasteiger partial charge is 0.258 e. The quantitative estimate of drug-likeness (QED) is 0.817. The molecule has 2 N–H and O–H groups in total. The normalized spacial score (nSPS) is 9.94. The number of hydrogen-bond donors (Lipinski definition) is 2. The van der Waals surface area contributed by atoms with Crippen molar-refractivity contribution in [1.82, 2.24) is 9.97 Å². The number of carbonyl (C=O) groups is 1. The van der Waals surface area contributed by atoms with E-state index in [9.17, 15) is 14.0 Å². The summed E-state index contributed by atoms with van der Waals surface area (Å²) < 4.78 is 12.6. The van der Waals surface area contributed by atoms with Crippen molar-refractivity contribution in [3.05, 3.63) is 58.4 Å². The van der Waals surface area contributed by atoms with Crippen molar-refractivity contribution in [3.8, 4) is 0 Å². The molecule has 17 heavy (non-hydrogen) atoms. The molecule has 2 aromatic rings. The highest BCUT2D eigenvalue weighted by Gasteiger charge is 2.06. The summed E-state index contributed by atoms with van der Waals surface area (Å²) in [5.74, 6) is -0.671. The number of rotatable bonds is 2. The summed E-state index contributed by atoms with van der Waals surface area (Å²) in [6.45, 7) is 0. The number of nitrogens with zero attached hydrogens (tertiary/aromatic N) is 1. The molecule has 0 saturated carbocycles. The molecule has 2 heterocycles. The lowest BCUT2D eigenvalue weighted by Crippen LogP contribution is -2.15. The van der Waals surface area contributed by atoms with E-state index in [4.69, 9.17) is 0 Å². The first-order valence-corrected chi connectivity index (χ1v) is 4.77. The van der Waals surface area contributed by atoms with Crippen LogP contribution in [-0.4, -0.2) is 15.9 Å². The van der Waals surface area contributed by atoms with E-state index < -0.39 is 11.7 Å². The summed E-state index contributed by atoms with van der Waals surface area (Å²) in [6.07, 6.45) is 2.30. The molecular formula is C11H8FN3O2. The highest BCUT2D eigenvalue weighted by molar-refractivity contribution is 6.03. The van der Waals surface area contributed by atoms with Crippen LogP contribution in [0.5, 0.6) is 0 Å². The second-order valence-electron chi connectivity index (χ2n) is 3.26. The molecule has 0 fully saturated rings. The summed E-state index contributed by atoms with van der Waals surface area (Å²) in [7, 11) is 0. The lowest BCUT2D eigenvalue weighted by Gasteiger charge is -2.03. The number of anilines is 1. The Morgan fingerprint density at radius 1 is 1.29 bits per heavy atom. The first kappa shape index (κ1) is 11.0. The number of nitrogens with one attached hydrogen (secondary N) is 2. The van der Waals surface area contributed by atoms with Crippen molar-refractivity contribution in [2.75, 3.05) is 5.32 Å². The predicted molar refractivity (Wildman–Crippen MR) is 59.2 cm³/mol. The number of carbonyl (C=O) groups excluding carboxylic acids is 1. The SMILES string of the molecule is O=C(Nc1ccc(F)cn1)c1ccc(=O)[nH]c1. The van der Waals surface area contributed by atoms with Crippen LogP contribution in [0.25, 0.3) is 0 Å². The average Bonchev–Trinajstić information content (AvgIpc) is 2.33. The summed E-state index contributed by atoms with van der Waals surface area (Å²) in [5, 5.41) is 2.47. The number of H-pyrrole nitrogens is 1. The zero-order chi connectivity index (χ0) is 12.3. The minimum atomic E-state index is -0.480. The Bertz CT molecular complexity index is 572. The standard InChI is InChI=1S/C11H8FN3O2/c12-8-2-3-9(13-6-8)15-11(17)7-1-4-10(16)14-5-7/h1-6H,(H,14,16)(H,13,15,17). The Balaban J connectivity index is 2.14. The largest absolute Gasteiger partial charge is 0.328 e. The maximum atomic E-state index is 12.6. The summed E-state index contributed by atoms with van der Waals surface area (Å²) in [4.78, 5) is 28.5. The molecule has 2 aromatic heterocycles. The third-order valence-electron chi connectivity index (χ3n) is 2.02. The van der Waals surface area contributed by atoms with Crippen LogP contribution in [0.2, 0.25) is 0 Å². The van der Waals surface area contributed by atoms with Crippen molar-refractivity contribution in [2.24, 2.45) is 0 Å². The Morgan fingerprint density at radius 3 is 2.71 bits per heavy atom. The molecular weight excluding hydrogens is 225 g/mol. The third-order valence-corrected chi connectivity index (χ3v) is 2.02. The first-order valence-electron chi connectivity index (χ1n) is 4.77. The van der Waals surface area contributed by atoms with Gasteiger partial charge in [-0.15, -0.1) is 0 Å². The van der Waals surface area contributed by atoms with Crippen LogP contribution in [0, 0.1) is 5.82 Å². The molecule has 2 rings (SSSR count). The molecule has 5 nitrogen and oxygen atoms in total. The molecule has 0 aliphatic carbocycles. The van der Waals surface area contributed by atoms with Gasteiger partial charge < -0.3 is 10.3 Å². The van der Waals surface area contributed by atoms with E-state index in [0.29, 0.717) is 0 Å². The van der Waals surface area contributed by atoms with Crippen molar-refractivity contribution >= 4 is 11.7 Å². The zero-order valence-electron chi connectivity index (χ0n) is 8.61. The molecule has 0 saturated heterocycles. The highest BCUT2D eigenvalue weighted by Crippen LogP contribution is 2.05. The lowest BCUT2D eigenvalue weighted by molar-refractivity contribution is 0.102. The molecule has 0 spiro atoms. The van der Waals surface area contributed by atoms with Crippen LogP contribution in [0.15, 0.2) is 41.5 Å². The average molecular weight is 233 g/mol. The molecule has 0 bridgehead atoms. The van der Waals surface area contributed by atoms with Gasteiger partial charge in [-0.1, -0.05) is 0 Å². The van der Waals surface area contributed by atoms with Crippen LogP contribution in [0.1, 0.15) is 10.4 Å². The van der Waals surface area contributed by atoms with Crippen LogP contribution in [0.4, 0.5) is 10.2 Å². The minimum Gasteiger partial charge on any atom is -0.328 e. The molecule has 86 valence electrons. The van der Waals surface area contributed by atoms with Gasteiger partial charge >= 0.3 is 0 Å². The summed E-state index contributed by atoms with van der Waals surface area (Å²) in [5.41, 5.74) is -0.00261. The Kier molecular flexibility index (Phi) is 2.95. The number of aromatic nitrogens is 2. The van der Waals surface area contributed by atoms with Gasteiger partial charge in [-0.2, -0.15) is 0 Å². The maximum Gasteiger partial charge on any atom is 0.258 e. The lowest BCUT2D eigenvalue weighted by atomic mass is 10.2.